The van der Waals surface area contributed by atoms with Crippen molar-refractivity contribution >= 4 is 22.9 Å². The lowest BCUT2D eigenvalue weighted by atomic mass is 9.82. The Kier molecular flexibility index (Phi) is 5.21. The molecular weight excluding hydrogens is 378 g/mol. The van der Waals surface area contributed by atoms with E-state index in [1.165, 1.54) is 6.07 Å². The van der Waals surface area contributed by atoms with Gasteiger partial charge in [0.2, 0.25) is 0 Å². The van der Waals surface area contributed by atoms with E-state index in [9.17, 15) is 14.7 Å². The minimum absolute atomic E-state index is 0.0251. The summed E-state index contributed by atoms with van der Waals surface area (Å²) in [6.07, 6.45) is 1.47. The van der Waals surface area contributed by atoms with E-state index in [4.69, 9.17) is 4.74 Å². The molecule has 30 heavy (non-hydrogen) atoms. The Morgan fingerprint density at radius 3 is 2.27 bits per heavy atom. The van der Waals surface area contributed by atoms with E-state index in [1.54, 1.807) is 36.4 Å². The molecule has 3 aromatic carbocycles. The molecule has 0 bridgehead atoms. The molecule has 4 rings (SSSR count). The molecule has 5 heteroatoms. The number of anilines is 2. The zero-order valence-electron chi connectivity index (χ0n) is 16.5. The van der Waals surface area contributed by atoms with E-state index in [0.717, 1.165) is 11.3 Å². The third-order valence-corrected chi connectivity index (χ3v) is 5.19. The number of phenols is 1. The molecule has 3 aromatic rings. The van der Waals surface area contributed by atoms with E-state index < -0.39 is 0 Å². The number of carbonyl (C=O) groups excluding carboxylic acids is 2. The van der Waals surface area contributed by atoms with Crippen molar-refractivity contribution in [1.82, 2.24) is 0 Å². The summed E-state index contributed by atoms with van der Waals surface area (Å²) in [7, 11) is 0. The van der Waals surface area contributed by atoms with Crippen molar-refractivity contribution in [3.8, 4) is 5.75 Å². The molecule has 0 radical (unpaired) electrons. The highest BCUT2D eigenvalue weighted by molar-refractivity contribution is 6.31. The number of ether oxygens (including phenoxy) is 1. The maximum atomic E-state index is 13.2. The first-order valence-corrected chi connectivity index (χ1v) is 9.65. The molecule has 1 atom stereocenters. The van der Waals surface area contributed by atoms with Crippen LogP contribution in [0.1, 0.15) is 50.4 Å². The van der Waals surface area contributed by atoms with Crippen LogP contribution in [0.25, 0.3) is 0 Å². The van der Waals surface area contributed by atoms with Crippen molar-refractivity contribution in [2.24, 2.45) is 0 Å². The minimum atomic E-state index is -0.364. The van der Waals surface area contributed by atoms with Crippen LogP contribution in [0.15, 0.2) is 73.3 Å². The molecule has 0 amide bonds. The first kappa shape index (κ1) is 19.6. The zero-order chi connectivity index (χ0) is 21.3. The van der Waals surface area contributed by atoms with E-state index in [0.29, 0.717) is 23.4 Å². The van der Waals surface area contributed by atoms with Gasteiger partial charge < -0.3 is 15.2 Å². The summed E-state index contributed by atoms with van der Waals surface area (Å²) in [6.45, 7) is 6.02. The maximum Gasteiger partial charge on any atom is 0.198 e. The fourth-order valence-electron chi connectivity index (χ4n) is 3.72. The molecule has 0 heterocycles. The van der Waals surface area contributed by atoms with Gasteiger partial charge >= 0.3 is 0 Å². The van der Waals surface area contributed by atoms with Gasteiger partial charge in [0.05, 0.1) is 29.5 Å². The predicted octanol–water partition coefficient (Wildman–Crippen LogP) is 5.17. The summed E-state index contributed by atoms with van der Waals surface area (Å²) < 4.78 is 5.75. The summed E-state index contributed by atoms with van der Waals surface area (Å²) in [5.41, 5.74) is 2.94. The normalized spacial score (nSPS) is 13.4. The summed E-state index contributed by atoms with van der Waals surface area (Å²) in [5, 5.41) is 13.6. The first-order chi connectivity index (χ1) is 14.5. The van der Waals surface area contributed by atoms with Crippen LogP contribution in [0.2, 0.25) is 0 Å². The molecule has 0 aromatic heterocycles. The molecule has 0 saturated carbocycles. The van der Waals surface area contributed by atoms with Gasteiger partial charge in [-0.2, -0.15) is 0 Å². The molecule has 5 nitrogen and oxygen atoms in total. The van der Waals surface area contributed by atoms with Gasteiger partial charge in [-0.25, -0.2) is 0 Å². The number of aromatic hydroxyl groups is 1. The van der Waals surface area contributed by atoms with Gasteiger partial charge in [0.25, 0.3) is 0 Å². The number of fused-ring (bicyclic) bond motifs is 2. The maximum absolute atomic E-state index is 13.2. The van der Waals surface area contributed by atoms with Crippen molar-refractivity contribution in [1.29, 1.82) is 0 Å². The van der Waals surface area contributed by atoms with Crippen LogP contribution in [-0.4, -0.2) is 23.3 Å². The van der Waals surface area contributed by atoms with Gasteiger partial charge in [-0.15, -0.1) is 6.58 Å². The van der Waals surface area contributed by atoms with Crippen molar-refractivity contribution in [2.45, 2.75) is 13.0 Å². The zero-order valence-corrected chi connectivity index (χ0v) is 16.5. The van der Waals surface area contributed by atoms with E-state index in [1.807, 2.05) is 31.2 Å². The van der Waals surface area contributed by atoms with Crippen LogP contribution in [0.3, 0.4) is 0 Å². The molecule has 0 fully saturated rings. The smallest absolute Gasteiger partial charge is 0.198 e. The molecule has 1 unspecified atom stereocenters. The van der Waals surface area contributed by atoms with Crippen LogP contribution in [0, 0.1) is 0 Å². The Hall–Kier alpha value is -3.70. The number of hydrogen-bond donors (Lipinski definition) is 2. The molecule has 0 spiro atoms. The number of hydrogen-bond acceptors (Lipinski definition) is 5. The molecule has 1 aliphatic rings. The predicted molar refractivity (Wildman–Crippen MR) is 116 cm³/mol. The number of phenolic OH excluding ortho intramolecular Hbond substituents is 1. The monoisotopic (exact) mass is 399 g/mol. The number of carbonyl (C=O) groups is 2. The van der Waals surface area contributed by atoms with Gasteiger partial charge in [0.15, 0.2) is 11.6 Å². The molecule has 150 valence electrons. The second kappa shape index (κ2) is 7.97. The fourth-order valence-corrected chi connectivity index (χ4v) is 3.72. The Balaban J connectivity index is 1.80. The van der Waals surface area contributed by atoms with Gasteiger partial charge in [-0.1, -0.05) is 48.5 Å². The highest BCUT2D eigenvalue weighted by Gasteiger charge is 2.34. The number of ketones is 2. The fraction of sp³-hybridized carbons (Fsp3) is 0.120. The third kappa shape index (κ3) is 3.29. The molecular formula is C25H21NO4. The topological polar surface area (TPSA) is 75.6 Å². The van der Waals surface area contributed by atoms with E-state index >= 15 is 0 Å². The van der Waals surface area contributed by atoms with Gasteiger partial charge in [0, 0.05) is 22.4 Å². The number of nitrogens with one attached hydrogen (secondary N) is 1. The average molecular weight is 399 g/mol. The van der Waals surface area contributed by atoms with E-state index in [2.05, 4.69) is 11.9 Å². The standard InChI is InChI=1S/C25H21NO4/c1-3-14-30-15(2)16-8-6-7-11-19(16)26-20-12-13-21(27)23-22(20)24(28)17-9-4-5-10-18(17)25(23)29/h3-13,15,26-27H,1,14H2,2H3. The summed E-state index contributed by atoms with van der Waals surface area (Å²) in [5.74, 6) is -0.872. The van der Waals surface area contributed by atoms with E-state index in [-0.39, 0.29) is 34.5 Å². The van der Waals surface area contributed by atoms with Crippen molar-refractivity contribution in [3.63, 3.8) is 0 Å². The summed E-state index contributed by atoms with van der Waals surface area (Å²) >= 11 is 0. The lowest BCUT2D eigenvalue weighted by molar-refractivity contribution is 0.0893. The number of para-hydroxylation sites is 1. The quantitative estimate of drug-likeness (QED) is 0.345. The average Bonchev–Trinajstić information content (AvgIpc) is 2.77. The minimum Gasteiger partial charge on any atom is -0.507 e. The van der Waals surface area contributed by atoms with Crippen LogP contribution in [0.4, 0.5) is 11.4 Å². The second-order valence-electron chi connectivity index (χ2n) is 7.06. The van der Waals surface area contributed by atoms with Crippen LogP contribution in [-0.2, 0) is 4.74 Å². The lowest BCUT2D eigenvalue weighted by Crippen LogP contribution is -2.22. The highest BCUT2D eigenvalue weighted by Crippen LogP contribution is 2.39. The van der Waals surface area contributed by atoms with Gasteiger partial charge in [-0.05, 0) is 25.1 Å². The second-order valence-corrected chi connectivity index (χ2v) is 7.06. The number of benzene rings is 3. The lowest BCUT2D eigenvalue weighted by Gasteiger charge is -2.23. The van der Waals surface area contributed by atoms with Crippen molar-refractivity contribution in [2.75, 3.05) is 11.9 Å². The Labute approximate surface area is 174 Å². The Morgan fingerprint density at radius 2 is 1.57 bits per heavy atom. The summed E-state index contributed by atoms with van der Waals surface area (Å²) in [6, 6.07) is 17.3. The van der Waals surface area contributed by atoms with Gasteiger partial charge in [-0.3, -0.25) is 9.59 Å². The van der Waals surface area contributed by atoms with Crippen molar-refractivity contribution < 1.29 is 19.4 Å². The highest BCUT2D eigenvalue weighted by atomic mass is 16.5. The Morgan fingerprint density at radius 1 is 0.933 bits per heavy atom. The Bertz CT molecular complexity index is 1170. The largest absolute Gasteiger partial charge is 0.507 e. The SMILES string of the molecule is C=CCOC(C)c1ccccc1Nc1ccc(O)c2c1C(=O)c1ccccc1C2=O. The van der Waals surface area contributed by atoms with Crippen molar-refractivity contribution in [3.05, 3.63) is 101 Å². The molecule has 0 saturated heterocycles. The first-order valence-electron chi connectivity index (χ1n) is 9.65. The summed E-state index contributed by atoms with van der Waals surface area (Å²) in [4.78, 5) is 26.2. The molecule has 1 aliphatic carbocycles. The van der Waals surface area contributed by atoms with Crippen LogP contribution in [0.5, 0.6) is 5.75 Å². The third-order valence-electron chi connectivity index (χ3n) is 5.19. The van der Waals surface area contributed by atoms with Crippen LogP contribution >= 0.6 is 0 Å². The number of rotatable bonds is 6. The van der Waals surface area contributed by atoms with Gasteiger partial charge in [0.1, 0.15) is 5.75 Å². The molecule has 2 N–H and O–H groups in total. The molecule has 0 aliphatic heterocycles. The van der Waals surface area contributed by atoms with Crippen LogP contribution < -0.4 is 5.32 Å².